The third kappa shape index (κ3) is 6.87. The van der Waals surface area contributed by atoms with Crippen LogP contribution in [-0.2, 0) is 19.2 Å². The van der Waals surface area contributed by atoms with Crippen molar-refractivity contribution >= 4 is 115 Å². The van der Waals surface area contributed by atoms with E-state index >= 15 is 0 Å². The number of carbonyl (C=O) groups is 4. The molecule has 4 N–H and O–H groups in total. The first-order valence-electron chi connectivity index (χ1n) is 11.3. The molecule has 0 radical (unpaired) electrons. The number of nitrogens with one attached hydrogen (secondary N) is 2. The van der Waals surface area contributed by atoms with Crippen LogP contribution in [0.3, 0.4) is 0 Å². The topological polar surface area (TPSA) is 139 Å². The fourth-order valence-corrected chi connectivity index (χ4v) is 6.64. The van der Waals surface area contributed by atoms with Gasteiger partial charge in [-0.15, -0.1) is 0 Å². The van der Waals surface area contributed by atoms with Gasteiger partial charge in [-0.05, 0) is 36.4 Å². The van der Waals surface area contributed by atoms with Gasteiger partial charge in [0.15, 0.2) is 0 Å². The van der Waals surface area contributed by atoms with Crippen LogP contribution in [0.4, 0.5) is 11.4 Å². The number of rotatable bonds is 8. The van der Waals surface area contributed by atoms with Crippen molar-refractivity contribution in [2.24, 2.45) is 0 Å². The van der Waals surface area contributed by atoms with Gasteiger partial charge < -0.3 is 20.8 Å². The minimum Gasteiger partial charge on any atom is -0.506 e. The summed E-state index contributed by atoms with van der Waals surface area (Å²) in [6.07, 6.45) is -0.270. The number of thiocarbonyl (C=S) groups is 2. The molecule has 208 valence electrons. The number of hydrogen-bond acceptors (Lipinski definition) is 10. The Labute approximate surface area is 257 Å². The average Bonchev–Trinajstić information content (AvgIpc) is 3.34. The molecule has 2 fully saturated rings. The molecule has 10 nitrogen and oxygen atoms in total. The summed E-state index contributed by atoms with van der Waals surface area (Å²) < 4.78 is 0.341. The summed E-state index contributed by atoms with van der Waals surface area (Å²) in [6.45, 7) is -0.115. The molecule has 40 heavy (non-hydrogen) atoms. The number of carbonyl (C=O) groups excluding carboxylic acids is 4. The molecule has 0 aromatic heterocycles. The Balaban J connectivity index is 1.36. The predicted molar refractivity (Wildman–Crippen MR) is 164 cm³/mol. The molecule has 4 rings (SSSR count). The Kier molecular flexibility index (Phi) is 9.59. The van der Waals surface area contributed by atoms with Crippen LogP contribution in [0.2, 0.25) is 10.0 Å². The lowest BCUT2D eigenvalue weighted by Gasteiger charge is -2.15. The second-order valence-electron chi connectivity index (χ2n) is 8.23. The van der Waals surface area contributed by atoms with E-state index in [1.54, 1.807) is 0 Å². The van der Waals surface area contributed by atoms with Crippen LogP contribution >= 0.6 is 71.2 Å². The van der Waals surface area contributed by atoms with E-state index in [0.29, 0.717) is 10.0 Å². The highest BCUT2D eigenvalue weighted by Crippen LogP contribution is 2.42. The van der Waals surface area contributed by atoms with Crippen molar-refractivity contribution in [3.8, 4) is 11.5 Å². The van der Waals surface area contributed by atoms with Gasteiger partial charge in [0.1, 0.15) is 20.1 Å². The zero-order valence-corrected chi connectivity index (χ0v) is 24.9. The second kappa shape index (κ2) is 12.7. The van der Waals surface area contributed by atoms with Gasteiger partial charge >= 0.3 is 0 Å². The van der Waals surface area contributed by atoms with Gasteiger partial charge in [-0.3, -0.25) is 29.0 Å². The van der Waals surface area contributed by atoms with Gasteiger partial charge in [0.2, 0.25) is 11.8 Å². The molecular formula is C24H18Cl2N4O6S4. The van der Waals surface area contributed by atoms with E-state index in [1.807, 2.05) is 0 Å². The van der Waals surface area contributed by atoms with Crippen LogP contribution < -0.4 is 10.6 Å². The van der Waals surface area contributed by atoms with Gasteiger partial charge in [-0.2, -0.15) is 0 Å². The lowest BCUT2D eigenvalue weighted by atomic mass is 10.2. The molecule has 2 aliphatic heterocycles. The van der Waals surface area contributed by atoms with Crippen LogP contribution in [0.5, 0.6) is 11.5 Å². The normalized spacial score (nSPS) is 17.1. The summed E-state index contributed by atoms with van der Waals surface area (Å²) in [5.74, 6) is -2.37. The van der Waals surface area contributed by atoms with Crippen molar-refractivity contribution in [1.82, 2.24) is 9.80 Å². The Morgan fingerprint density at radius 2 is 1.12 bits per heavy atom. The standard InChI is InChI=1S/C24H18Cl2N4O6S4/c25-11-1-3-15(31)13(9-11)27-17(33)5-7-29-21(35)19(39-23(29)37)20-22(36)30(24(38)40-20)8-6-18(34)28-14-10-12(26)2-4-16(14)32/h1-4,9-10,31-32H,5-8H2,(H,27,33)(H,28,34)/b20-19+. The maximum Gasteiger partial charge on any atom is 0.267 e. The molecule has 2 saturated heterocycles. The number of thioether (sulfide) groups is 2. The number of benzene rings is 2. The van der Waals surface area contributed by atoms with E-state index in [1.165, 1.54) is 46.2 Å². The van der Waals surface area contributed by atoms with E-state index in [0.717, 1.165) is 23.5 Å². The maximum absolute atomic E-state index is 13.1. The minimum atomic E-state index is -0.539. The second-order valence-corrected chi connectivity index (χ2v) is 12.4. The smallest absolute Gasteiger partial charge is 0.267 e. The Hall–Kier alpha value is -2.88. The van der Waals surface area contributed by atoms with Gasteiger partial charge in [0.25, 0.3) is 11.8 Å². The molecule has 2 aromatic rings. The lowest BCUT2D eigenvalue weighted by molar-refractivity contribution is -0.125. The van der Waals surface area contributed by atoms with E-state index in [9.17, 15) is 29.4 Å². The van der Waals surface area contributed by atoms with Gasteiger partial charge in [-0.25, -0.2) is 0 Å². The number of amides is 4. The number of nitrogens with zero attached hydrogens (tertiary/aromatic N) is 2. The number of hydrogen-bond donors (Lipinski definition) is 4. The molecule has 2 aliphatic rings. The summed E-state index contributed by atoms with van der Waals surface area (Å²) in [5.41, 5.74) is 0.259. The summed E-state index contributed by atoms with van der Waals surface area (Å²) in [4.78, 5) is 53.6. The van der Waals surface area contributed by atoms with Crippen molar-refractivity contribution in [1.29, 1.82) is 0 Å². The third-order valence-electron chi connectivity index (χ3n) is 5.49. The minimum absolute atomic E-state index is 0.0574. The number of aromatic hydroxyl groups is 2. The molecule has 0 spiro atoms. The molecule has 16 heteroatoms. The quantitative estimate of drug-likeness (QED) is 0.180. The van der Waals surface area contributed by atoms with Crippen molar-refractivity contribution in [2.75, 3.05) is 23.7 Å². The number of phenols is 2. The highest BCUT2D eigenvalue weighted by molar-refractivity contribution is 8.29. The van der Waals surface area contributed by atoms with E-state index in [-0.39, 0.29) is 67.3 Å². The third-order valence-corrected chi connectivity index (χ3v) is 8.99. The van der Waals surface area contributed by atoms with Crippen LogP contribution in [0.1, 0.15) is 12.8 Å². The SMILES string of the molecule is O=C(CCN1C(=O)/C(=C2\SC(=S)N(CCC(=O)Nc3cc(Cl)ccc3O)C2=O)SC1=S)Nc1cc(Cl)ccc1O. The average molecular weight is 658 g/mol. The molecule has 4 amide bonds. The summed E-state index contributed by atoms with van der Waals surface area (Å²) in [5, 5.41) is 25.4. The van der Waals surface area contributed by atoms with Crippen molar-refractivity contribution < 1.29 is 29.4 Å². The van der Waals surface area contributed by atoms with E-state index in [2.05, 4.69) is 10.6 Å². The number of phenolic OH excluding ortho intramolecular Hbond substituents is 2. The van der Waals surface area contributed by atoms with E-state index in [4.69, 9.17) is 47.6 Å². The predicted octanol–water partition coefficient (Wildman–Crippen LogP) is 4.69. The van der Waals surface area contributed by atoms with Crippen LogP contribution in [0.25, 0.3) is 0 Å². The molecule has 2 heterocycles. The highest BCUT2D eigenvalue weighted by Gasteiger charge is 2.42. The van der Waals surface area contributed by atoms with Gasteiger partial charge in [0, 0.05) is 36.0 Å². The maximum atomic E-state index is 13.1. The molecule has 0 atom stereocenters. The molecule has 0 saturated carbocycles. The van der Waals surface area contributed by atoms with Gasteiger partial charge in [0.05, 0.1) is 21.2 Å². The molecule has 0 bridgehead atoms. The Morgan fingerprint density at radius 3 is 1.50 bits per heavy atom. The zero-order valence-electron chi connectivity index (χ0n) is 20.1. The van der Waals surface area contributed by atoms with Crippen LogP contribution in [0, 0.1) is 0 Å². The summed E-state index contributed by atoms with van der Waals surface area (Å²) >= 11 is 24.3. The van der Waals surface area contributed by atoms with Crippen molar-refractivity contribution in [3.05, 3.63) is 56.3 Å². The summed E-state index contributed by atoms with van der Waals surface area (Å²) in [6, 6.07) is 8.40. The fraction of sp³-hybridized carbons (Fsp3) is 0.167. The molecule has 2 aromatic carbocycles. The molecular weight excluding hydrogens is 639 g/mol. The van der Waals surface area contributed by atoms with E-state index < -0.39 is 23.6 Å². The number of anilines is 2. The highest BCUT2D eigenvalue weighted by atomic mass is 35.5. The first-order valence-corrected chi connectivity index (χ1v) is 14.5. The van der Waals surface area contributed by atoms with Crippen molar-refractivity contribution in [2.45, 2.75) is 12.8 Å². The van der Waals surface area contributed by atoms with Crippen LogP contribution in [0.15, 0.2) is 46.2 Å². The van der Waals surface area contributed by atoms with Crippen molar-refractivity contribution in [3.63, 3.8) is 0 Å². The molecule has 0 unspecified atom stereocenters. The summed E-state index contributed by atoms with van der Waals surface area (Å²) in [7, 11) is 0. The van der Waals surface area contributed by atoms with Crippen LogP contribution in [-0.4, -0.2) is 65.4 Å². The lowest BCUT2D eigenvalue weighted by Crippen LogP contribution is -2.33. The first-order chi connectivity index (χ1) is 18.9. The zero-order chi connectivity index (χ0) is 29.1. The Bertz CT molecular complexity index is 1390. The number of halogens is 2. The monoisotopic (exact) mass is 656 g/mol. The first kappa shape index (κ1) is 30.1. The largest absolute Gasteiger partial charge is 0.506 e. The fourth-order valence-electron chi connectivity index (χ4n) is 3.52. The van der Waals surface area contributed by atoms with Gasteiger partial charge in [-0.1, -0.05) is 71.2 Å². The molecule has 0 aliphatic carbocycles. The Morgan fingerprint density at radius 1 is 0.750 bits per heavy atom.